The Bertz CT molecular complexity index is 952. The second kappa shape index (κ2) is 9.20. The lowest BCUT2D eigenvalue weighted by Crippen LogP contribution is -1.99. The fourth-order valence-electron chi connectivity index (χ4n) is 2.66. The molecule has 0 fully saturated rings. The van der Waals surface area contributed by atoms with Crippen molar-refractivity contribution >= 4 is 29.7 Å². The molecule has 0 spiro atoms. The van der Waals surface area contributed by atoms with Crippen molar-refractivity contribution in [3.63, 3.8) is 0 Å². The van der Waals surface area contributed by atoms with Crippen molar-refractivity contribution in [2.75, 3.05) is 0 Å². The van der Waals surface area contributed by atoms with E-state index in [4.69, 9.17) is 0 Å². The van der Waals surface area contributed by atoms with Gasteiger partial charge in [-0.2, -0.15) is 0 Å². The molecule has 1 nitrogen and oxygen atoms in total. The van der Waals surface area contributed by atoms with Gasteiger partial charge >= 0.3 is 0 Å². The van der Waals surface area contributed by atoms with Crippen LogP contribution >= 0.6 is 11.8 Å². The van der Waals surface area contributed by atoms with Gasteiger partial charge in [-0.1, -0.05) is 90.1 Å². The lowest BCUT2D eigenvalue weighted by atomic mass is 10.1. The van der Waals surface area contributed by atoms with Crippen LogP contribution in [-0.2, 0) is 4.79 Å². The molecular formula is C25H22OS. The molecule has 0 bridgehead atoms. The van der Waals surface area contributed by atoms with Crippen molar-refractivity contribution in [3.8, 4) is 0 Å². The van der Waals surface area contributed by atoms with Gasteiger partial charge in [-0.3, -0.25) is 4.79 Å². The predicted molar refractivity (Wildman–Crippen MR) is 117 cm³/mol. The van der Waals surface area contributed by atoms with Gasteiger partial charge in [0.1, 0.15) is 0 Å². The standard InChI is InChI=1S/C25H22OS/c1-19-13-15-23(16-14-19)27-25(18-22-11-7-4-8-12-22)24(20(2)26)17-21-9-5-3-6-10-21/h3-18H,1-2H3/b24-17-,25-18+. The first kappa shape index (κ1) is 18.9. The van der Waals surface area contributed by atoms with Crippen molar-refractivity contribution in [1.29, 1.82) is 0 Å². The summed E-state index contributed by atoms with van der Waals surface area (Å²) in [6, 6.07) is 28.5. The van der Waals surface area contributed by atoms with E-state index in [1.807, 2.05) is 54.6 Å². The van der Waals surface area contributed by atoms with Gasteiger partial charge in [0.25, 0.3) is 0 Å². The van der Waals surface area contributed by atoms with Crippen molar-refractivity contribution in [2.45, 2.75) is 18.7 Å². The summed E-state index contributed by atoms with van der Waals surface area (Å²) < 4.78 is 0. The Balaban J connectivity index is 2.06. The Labute approximate surface area is 165 Å². The maximum atomic E-state index is 12.5. The monoisotopic (exact) mass is 370 g/mol. The molecule has 3 aromatic carbocycles. The van der Waals surface area contributed by atoms with Gasteiger partial charge in [0.15, 0.2) is 5.78 Å². The van der Waals surface area contributed by atoms with Gasteiger partial charge in [-0.05, 0) is 49.3 Å². The number of Topliss-reactive ketones (excluding diaryl/α,β-unsaturated/α-hetero) is 1. The van der Waals surface area contributed by atoms with Crippen molar-refractivity contribution in [3.05, 3.63) is 112 Å². The fourth-order valence-corrected chi connectivity index (χ4v) is 3.69. The summed E-state index contributed by atoms with van der Waals surface area (Å²) in [5, 5.41) is 0. The minimum atomic E-state index is 0.0562. The van der Waals surface area contributed by atoms with E-state index in [2.05, 4.69) is 49.4 Å². The van der Waals surface area contributed by atoms with Crippen LogP contribution in [0.4, 0.5) is 0 Å². The van der Waals surface area contributed by atoms with E-state index in [0.29, 0.717) is 0 Å². The van der Waals surface area contributed by atoms with Gasteiger partial charge in [0.05, 0.1) is 0 Å². The molecule has 0 amide bonds. The van der Waals surface area contributed by atoms with E-state index in [1.165, 1.54) is 5.56 Å². The van der Waals surface area contributed by atoms with E-state index in [1.54, 1.807) is 18.7 Å². The Hall–Kier alpha value is -2.84. The molecule has 134 valence electrons. The van der Waals surface area contributed by atoms with Gasteiger partial charge in [-0.25, -0.2) is 0 Å². The quantitative estimate of drug-likeness (QED) is 0.270. The molecule has 0 aliphatic rings. The van der Waals surface area contributed by atoms with E-state index >= 15 is 0 Å². The zero-order valence-electron chi connectivity index (χ0n) is 15.6. The second-order valence-corrected chi connectivity index (χ2v) is 7.47. The van der Waals surface area contributed by atoms with E-state index in [-0.39, 0.29) is 5.78 Å². The van der Waals surface area contributed by atoms with Crippen LogP contribution in [0.15, 0.2) is 100 Å². The highest BCUT2D eigenvalue weighted by Gasteiger charge is 2.13. The molecule has 3 aromatic rings. The first-order valence-corrected chi connectivity index (χ1v) is 9.73. The summed E-state index contributed by atoms with van der Waals surface area (Å²) in [7, 11) is 0. The van der Waals surface area contributed by atoms with Gasteiger partial charge < -0.3 is 0 Å². The van der Waals surface area contributed by atoms with Gasteiger partial charge in [-0.15, -0.1) is 0 Å². The predicted octanol–water partition coefficient (Wildman–Crippen LogP) is 6.80. The number of hydrogen-bond acceptors (Lipinski definition) is 2. The number of allylic oxidation sites excluding steroid dienone is 1. The molecular weight excluding hydrogens is 348 g/mol. The zero-order valence-corrected chi connectivity index (χ0v) is 16.4. The van der Waals surface area contributed by atoms with Crippen LogP contribution in [0.2, 0.25) is 0 Å². The minimum Gasteiger partial charge on any atom is -0.294 e. The molecule has 27 heavy (non-hydrogen) atoms. The molecule has 0 aromatic heterocycles. The first-order chi connectivity index (χ1) is 13.1. The Morgan fingerprint density at radius 1 is 0.741 bits per heavy atom. The molecule has 0 saturated heterocycles. The fraction of sp³-hybridized carbons (Fsp3) is 0.0800. The van der Waals surface area contributed by atoms with Gasteiger partial charge in [0, 0.05) is 15.4 Å². The maximum absolute atomic E-state index is 12.5. The molecule has 0 N–H and O–H groups in total. The summed E-state index contributed by atoms with van der Waals surface area (Å²) in [6.07, 6.45) is 4.05. The van der Waals surface area contributed by atoms with Crippen LogP contribution in [0.1, 0.15) is 23.6 Å². The number of carbonyl (C=O) groups excluding carboxylic acids is 1. The van der Waals surface area contributed by atoms with Crippen LogP contribution < -0.4 is 0 Å². The number of ketones is 1. The largest absolute Gasteiger partial charge is 0.294 e. The molecule has 0 atom stereocenters. The number of aryl methyl sites for hydroxylation is 1. The lowest BCUT2D eigenvalue weighted by Gasteiger charge is -2.11. The van der Waals surface area contributed by atoms with Crippen LogP contribution in [-0.4, -0.2) is 5.78 Å². The Morgan fingerprint density at radius 2 is 1.26 bits per heavy atom. The number of hydrogen-bond donors (Lipinski definition) is 0. The Morgan fingerprint density at radius 3 is 1.78 bits per heavy atom. The second-order valence-electron chi connectivity index (χ2n) is 6.36. The van der Waals surface area contributed by atoms with E-state index in [0.717, 1.165) is 26.5 Å². The lowest BCUT2D eigenvalue weighted by molar-refractivity contribution is -0.113. The average molecular weight is 371 g/mol. The van der Waals surface area contributed by atoms with E-state index in [9.17, 15) is 4.79 Å². The van der Waals surface area contributed by atoms with Crippen LogP contribution in [0, 0.1) is 6.92 Å². The molecule has 0 saturated carbocycles. The highest BCUT2D eigenvalue weighted by Crippen LogP contribution is 2.35. The number of carbonyl (C=O) groups is 1. The number of benzene rings is 3. The molecule has 0 aliphatic heterocycles. The minimum absolute atomic E-state index is 0.0562. The normalized spacial score (nSPS) is 12.1. The molecule has 2 heteroatoms. The van der Waals surface area contributed by atoms with Crippen molar-refractivity contribution in [2.24, 2.45) is 0 Å². The van der Waals surface area contributed by atoms with E-state index < -0.39 is 0 Å². The van der Waals surface area contributed by atoms with Crippen LogP contribution in [0.3, 0.4) is 0 Å². The highest BCUT2D eigenvalue weighted by molar-refractivity contribution is 8.03. The van der Waals surface area contributed by atoms with Crippen molar-refractivity contribution < 1.29 is 4.79 Å². The SMILES string of the molecule is CC(=O)C(=C/c1ccccc1)/C(=C\c1ccccc1)Sc1ccc(C)cc1. The highest BCUT2D eigenvalue weighted by atomic mass is 32.2. The summed E-state index contributed by atoms with van der Waals surface area (Å²) in [5.74, 6) is 0.0562. The number of rotatable bonds is 6. The average Bonchev–Trinajstić information content (AvgIpc) is 2.69. The summed E-state index contributed by atoms with van der Waals surface area (Å²) >= 11 is 1.62. The third-order valence-corrected chi connectivity index (χ3v) is 5.17. The third kappa shape index (κ3) is 5.57. The van der Waals surface area contributed by atoms with Crippen LogP contribution in [0.25, 0.3) is 12.2 Å². The number of thioether (sulfide) groups is 1. The summed E-state index contributed by atoms with van der Waals surface area (Å²) in [5.41, 5.74) is 4.04. The van der Waals surface area contributed by atoms with Crippen molar-refractivity contribution in [1.82, 2.24) is 0 Å². The molecule has 0 heterocycles. The molecule has 0 aliphatic carbocycles. The molecule has 3 rings (SSSR count). The Kier molecular flexibility index (Phi) is 6.45. The molecule has 0 unspecified atom stereocenters. The van der Waals surface area contributed by atoms with Gasteiger partial charge in [0.2, 0.25) is 0 Å². The first-order valence-electron chi connectivity index (χ1n) is 8.91. The smallest absolute Gasteiger partial charge is 0.160 e. The van der Waals surface area contributed by atoms with Crippen LogP contribution in [0.5, 0.6) is 0 Å². The third-order valence-electron chi connectivity index (χ3n) is 4.10. The zero-order chi connectivity index (χ0) is 19.1. The molecule has 0 radical (unpaired) electrons. The maximum Gasteiger partial charge on any atom is 0.160 e. The topological polar surface area (TPSA) is 17.1 Å². The summed E-state index contributed by atoms with van der Waals surface area (Å²) in [4.78, 5) is 14.6. The summed E-state index contributed by atoms with van der Waals surface area (Å²) in [6.45, 7) is 3.70.